The molecular formula is C28H30ClFN2O5S. The van der Waals surface area contributed by atoms with E-state index >= 15 is 0 Å². The number of rotatable bonds is 9. The largest absolute Gasteiger partial charge is 0.379 e. The Morgan fingerprint density at radius 2 is 1.61 bits per heavy atom. The molecule has 0 aromatic heterocycles. The van der Waals surface area contributed by atoms with Gasteiger partial charge in [0.25, 0.3) is 0 Å². The van der Waals surface area contributed by atoms with E-state index in [2.05, 4.69) is 5.32 Å². The maximum Gasteiger partial charge on any atom is 0.339 e. The molecule has 0 spiro atoms. The second kappa shape index (κ2) is 12.0. The van der Waals surface area contributed by atoms with Gasteiger partial charge in [-0.3, -0.25) is 9.59 Å². The molecule has 0 bridgehead atoms. The molecule has 1 N–H and O–H groups in total. The van der Waals surface area contributed by atoms with Crippen molar-refractivity contribution in [2.24, 2.45) is 5.41 Å². The molecule has 0 aliphatic heterocycles. The van der Waals surface area contributed by atoms with Crippen LogP contribution >= 0.6 is 11.6 Å². The zero-order valence-electron chi connectivity index (χ0n) is 21.6. The highest BCUT2D eigenvalue weighted by Crippen LogP contribution is 2.30. The van der Waals surface area contributed by atoms with Gasteiger partial charge in [0.05, 0.1) is 0 Å². The average Bonchev–Trinajstić information content (AvgIpc) is 2.80. The minimum Gasteiger partial charge on any atom is -0.379 e. The quantitative estimate of drug-likeness (QED) is 0.316. The first kappa shape index (κ1) is 29.1. The van der Waals surface area contributed by atoms with Crippen molar-refractivity contribution in [2.75, 3.05) is 5.32 Å². The van der Waals surface area contributed by atoms with Crippen molar-refractivity contribution in [1.29, 1.82) is 0 Å². The van der Waals surface area contributed by atoms with Gasteiger partial charge in [-0.15, -0.1) is 0 Å². The molecule has 3 aromatic carbocycles. The maximum atomic E-state index is 13.4. The smallest absolute Gasteiger partial charge is 0.339 e. The van der Waals surface area contributed by atoms with Crippen LogP contribution in [0.15, 0.2) is 71.6 Å². The summed E-state index contributed by atoms with van der Waals surface area (Å²) in [4.78, 5) is 26.0. The fourth-order valence-electron chi connectivity index (χ4n) is 3.64. The number of carbonyl (C=O) groups is 2. The molecule has 0 atom stereocenters. The van der Waals surface area contributed by atoms with Crippen molar-refractivity contribution in [3.63, 3.8) is 0 Å². The third-order valence-electron chi connectivity index (χ3n) is 5.37. The summed E-state index contributed by atoms with van der Waals surface area (Å²) in [6.07, 6.45) is 0.240. The first-order chi connectivity index (χ1) is 17.7. The van der Waals surface area contributed by atoms with Gasteiger partial charge in [0.2, 0.25) is 11.8 Å². The Hall–Kier alpha value is -3.43. The van der Waals surface area contributed by atoms with Gasteiger partial charge < -0.3 is 14.4 Å². The van der Waals surface area contributed by atoms with Crippen molar-refractivity contribution >= 4 is 39.2 Å². The molecule has 202 valence electrons. The minimum atomic E-state index is -4.24. The Balaban J connectivity index is 1.91. The highest BCUT2D eigenvalue weighted by atomic mass is 35.5. The van der Waals surface area contributed by atoms with E-state index in [0.717, 1.165) is 0 Å². The lowest BCUT2D eigenvalue weighted by atomic mass is 9.91. The van der Waals surface area contributed by atoms with E-state index in [1.54, 1.807) is 23.1 Å². The number of nitrogens with one attached hydrogen (secondary N) is 1. The standard InChI is InChI=1S/C28H30ClFN2O5S/c1-19(33)31-24-10-12-25(13-11-24)38(35,36)37-26-14-7-22(29)15-21(26)18-32(27(34)16-28(2,3)4)17-20-5-8-23(30)9-6-20/h5-15H,16-18H2,1-4H3,(H,31,33). The first-order valence-corrected chi connectivity index (χ1v) is 13.6. The van der Waals surface area contributed by atoms with E-state index in [1.807, 2.05) is 20.8 Å². The Labute approximate surface area is 227 Å². The van der Waals surface area contributed by atoms with Crippen molar-refractivity contribution in [1.82, 2.24) is 4.90 Å². The van der Waals surface area contributed by atoms with E-state index < -0.39 is 10.1 Å². The van der Waals surface area contributed by atoms with Crippen LogP contribution in [0.1, 0.15) is 45.2 Å². The SMILES string of the molecule is CC(=O)Nc1ccc(S(=O)(=O)Oc2ccc(Cl)cc2CN(Cc2ccc(F)cc2)C(=O)CC(C)(C)C)cc1. The lowest BCUT2D eigenvalue weighted by molar-refractivity contribution is -0.134. The fraction of sp³-hybridized carbons (Fsp3) is 0.286. The third-order valence-corrected chi connectivity index (χ3v) is 6.85. The molecule has 0 saturated carbocycles. The number of benzene rings is 3. The number of amides is 2. The summed E-state index contributed by atoms with van der Waals surface area (Å²) in [7, 11) is -4.24. The van der Waals surface area contributed by atoms with E-state index in [0.29, 0.717) is 21.8 Å². The molecule has 2 amide bonds. The van der Waals surface area contributed by atoms with Gasteiger partial charge in [0.15, 0.2) is 0 Å². The number of hydrogen-bond donors (Lipinski definition) is 1. The second-order valence-corrected chi connectivity index (χ2v) is 12.1. The molecule has 0 aliphatic carbocycles. The molecule has 0 fully saturated rings. The number of halogens is 2. The van der Waals surface area contributed by atoms with Gasteiger partial charge in [-0.2, -0.15) is 8.42 Å². The molecule has 0 unspecified atom stereocenters. The summed E-state index contributed by atoms with van der Waals surface area (Å²) in [5, 5.41) is 2.91. The molecule has 0 heterocycles. The van der Waals surface area contributed by atoms with Gasteiger partial charge >= 0.3 is 10.1 Å². The predicted octanol–water partition coefficient (Wildman–Crippen LogP) is 6.17. The Morgan fingerprint density at radius 3 is 2.18 bits per heavy atom. The third kappa shape index (κ3) is 8.56. The molecule has 3 rings (SSSR count). The lowest BCUT2D eigenvalue weighted by Gasteiger charge is -2.27. The van der Waals surface area contributed by atoms with Gasteiger partial charge in [-0.05, 0) is 65.6 Å². The summed E-state index contributed by atoms with van der Waals surface area (Å²) < 4.78 is 45.0. The Kier molecular flexibility index (Phi) is 9.17. The van der Waals surface area contributed by atoms with Crippen LogP contribution in [0.25, 0.3) is 0 Å². The molecule has 38 heavy (non-hydrogen) atoms. The van der Waals surface area contributed by atoms with Crippen molar-refractivity contribution in [3.8, 4) is 5.75 Å². The van der Waals surface area contributed by atoms with Crippen LogP contribution in [0, 0.1) is 11.2 Å². The highest BCUT2D eigenvalue weighted by molar-refractivity contribution is 7.87. The van der Waals surface area contributed by atoms with Crippen molar-refractivity contribution < 1.29 is 26.6 Å². The van der Waals surface area contributed by atoms with Gasteiger partial charge in [-0.25, -0.2) is 4.39 Å². The van der Waals surface area contributed by atoms with Gasteiger partial charge in [0.1, 0.15) is 16.5 Å². The van der Waals surface area contributed by atoms with Crippen LogP contribution in [-0.4, -0.2) is 25.1 Å². The zero-order chi connectivity index (χ0) is 28.1. The predicted molar refractivity (Wildman–Crippen MR) is 145 cm³/mol. The summed E-state index contributed by atoms with van der Waals surface area (Å²) in [6.45, 7) is 7.37. The molecule has 10 heteroatoms. The molecular weight excluding hydrogens is 531 g/mol. The van der Waals surface area contributed by atoms with Crippen LogP contribution in [0.4, 0.5) is 10.1 Å². The minimum absolute atomic E-state index is 0.0131. The van der Waals surface area contributed by atoms with E-state index in [4.69, 9.17) is 15.8 Å². The Bertz CT molecular complexity index is 1400. The summed E-state index contributed by atoms with van der Waals surface area (Å²) in [5.41, 5.74) is 1.25. The van der Waals surface area contributed by atoms with Crippen LogP contribution in [0.3, 0.4) is 0 Å². The fourth-order valence-corrected chi connectivity index (χ4v) is 4.80. The monoisotopic (exact) mass is 560 g/mol. The molecule has 0 saturated heterocycles. The van der Waals surface area contributed by atoms with Crippen LogP contribution in [0.2, 0.25) is 5.02 Å². The van der Waals surface area contributed by atoms with E-state index in [9.17, 15) is 22.4 Å². The normalized spacial score (nSPS) is 11.6. The van der Waals surface area contributed by atoms with Crippen LogP contribution < -0.4 is 9.50 Å². The molecule has 0 aliphatic rings. The van der Waals surface area contributed by atoms with E-state index in [1.165, 1.54) is 55.5 Å². The number of carbonyl (C=O) groups excluding carboxylic acids is 2. The first-order valence-electron chi connectivity index (χ1n) is 11.8. The summed E-state index contributed by atoms with van der Waals surface area (Å²) in [5.74, 6) is -0.812. The number of anilines is 1. The molecule has 0 radical (unpaired) electrons. The maximum absolute atomic E-state index is 13.4. The average molecular weight is 561 g/mol. The highest BCUT2D eigenvalue weighted by Gasteiger charge is 2.25. The second-order valence-electron chi connectivity index (χ2n) is 10.1. The topological polar surface area (TPSA) is 92.8 Å². The van der Waals surface area contributed by atoms with E-state index in [-0.39, 0.29) is 53.2 Å². The van der Waals surface area contributed by atoms with Gasteiger partial charge in [-0.1, -0.05) is 44.5 Å². The van der Waals surface area contributed by atoms with Crippen LogP contribution in [0.5, 0.6) is 5.75 Å². The van der Waals surface area contributed by atoms with Crippen LogP contribution in [-0.2, 0) is 32.8 Å². The number of nitrogens with zero attached hydrogens (tertiary/aromatic N) is 1. The zero-order valence-corrected chi connectivity index (χ0v) is 23.2. The summed E-state index contributed by atoms with van der Waals surface area (Å²) in [6, 6.07) is 15.9. The lowest BCUT2D eigenvalue weighted by Crippen LogP contribution is -2.33. The Morgan fingerprint density at radius 1 is 0.974 bits per heavy atom. The number of hydrogen-bond acceptors (Lipinski definition) is 5. The van der Waals surface area contributed by atoms with Crippen molar-refractivity contribution in [2.45, 2.75) is 52.1 Å². The molecule has 3 aromatic rings. The molecule has 7 nitrogen and oxygen atoms in total. The van der Waals surface area contributed by atoms with Gasteiger partial charge in [0, 0.05) is 42.7 Å². The van der Waals surface area contributed by atoms with Crippen molar-refractivity contribution in [3.05, 3.63) is 88.7 Å². The summed E-state index contributed by atoms with van der Waals surface area (Å²) >= 11 is 6.23.